The van der Waals surface area contributed by atoms with Gasteiger partial charge >= 0.3 is 0 Å². The zero-order chi connectivity index (χ0) is 20.8. The quantitative estimate of drug-likeness (QED) is 0.578. The Morgan fingerprint density at radius 2 is 1.62 bits per heavy atom. The summed E-state index contributed by atoms with van der Waals surface area (Å²) < 4.78 is 1.85. The Balaban J connectivity index is 1.55. The van der Waals surface area contributed by atoms with E-state index in [4.69, 9.17) is 0 Å². The number of nitrogens with zero attached hydrogens (tertiary/aromatic N) is 3. The van der Waals surface area contributed by atoms with Gasteiger partial charge in [-0.25, -0.2) is 0 Å². The van der Waals surface area contributed by atoms with E-state index in [2.05, 4.69) is 20.8 Å². The fraction of sp³-hybridized carbons (Fsp3) is 0.238. The van der Waals surface area contributed by atoms with Gasteiger partial charge in [-0.3, -0.25) is 14.2 Å². The van der Waals surface area contributed by atoms with Gasteiger partial charge in [0.25, 0.3) is 0 Å². The lowest BCUT2D eigenvalue weighted by Crippen LogP contribution is -2.18. The molecule has 0 aliphatic heterocycles. The van der Waals surface area contributed by atoms with E-state index in [1.807, 2.05) is 49.6 Å². The molecule has 0 aliphatic carbocycles. The third-order valence-electron chi connectivity index (χ3n) is 4.12. The van der Waals surface area contributed by atoms with Crippen LogP contribution in [-0.4, -0.2) is 32.3 Å². The second kappa shape index (κ2) is 9.38. The highest BCUT2D eigenvalue weighted by Crippen LogP contribution is 2.20. The molecule has 0 aliphatic rings. The predicted octanol–water partition coefficient (Wildman–Crippen LogP) is 3.90. The van der Waals surface area contributed by atoms with E-state index in [0.717, 1.165) is 5.69 Å². The summed E-state index contributed by atoms with van der Waals surface area (Å²) in [6, 6.07) is 15.0. The van der Waals surface area contributed by atoms with Crippen molar-refractivity contribution in [3.63, 3.8) is 0 Å². The van der Waals surface area contributed by atoms with Crippen molar-refractivity contribution in [2.45, 2.75) is 25.9 Å². The van der Waals surface area contributed by atoms with Gasteiger partial charge in [-0.2, -0.15) is 0 Å². The monoisotopic (exact) mass is 409 g/mol. The average molecular weight is 410 g/mol. The lowest BCUT2D eigenvalue weighted by atomic mass is 10.2. The minimum absolute atomic E-state index is 0.0455. The molecule has 8 heteroatoms. The second-order valence-corrected chi connectivity index (χ2v) is 7.82. The molecule has 1 aromatic heterocycles. The summed E-state index contributed by atoms with van der Waals surface area (Å²) in [7, 11) is 0. The van der Waals surface area contributed by atoms with Crippen LogP contribution in [0.5, 0.6) is 0 Å². The van der Waals surface area contributed by atoms with E-state index < -0.39 is 0 Å². The van der Waals surface area contributed by atoms with Gasteiger partial charge in [-0.05, 0) is 43.3 Å². The number of hydrogen-bond donors (Lipinski definition) is 2. The maximum Gasteiger partial charge on any atom is 0.234 e. The summed E-state index contributed by atoms with van der Waals surface area (Å²) in [5.74, 6) is -0.0761. The third-order valence-corrected chi connectivity index (χ3v) is 5.06. The molecule has 0 radical (unpaired) electrons. The lowest BCUT2D eigenvalue weighted by molar-refractivity contribution is -0.119. The van der Waals surface area contributed by atoms with Crippen LogP contribution < -0.4 is 10.6 Å². The Bertz CT molecular complexity index is 981. The van der Waals surface area contributed by atoms with E-state index >= 15 is 0 Å². The van der Waals surface area contributed by atoms with Crippen LogP contribution in [0.1, 0.15) is 19.4 Å². The number of amides is 2. The van der Waals surface area contributed by atoms with Crippen molar-refractivity contribution in [3.8, 4) is 5.69 Å². The van der Waals surface area contributed by atoms with E-state index in [1.54, 1.807) is 30.6 Å². The van der Waals surface area contributed by atoms with Crippen molar-refractivity contribution >= 4 is 35.0 Å². The largest absolute Gasteiger partial charge is 0.326 e. The van der Waals surface area contributed by atoms with Crippen molar-refractivity contribution < 1.29 is 9.59 Å². The SMILES string of the molecule is Cc1ccc(-n2cnnc2SCC(=O)Nc2ccc(NC(=O)C(C)C)cc2)cc1. The van der Waals surface area contributed by atoms with Crippen molar-refractivity contribution in [2.24, 2.45) is 5.92 Å². The van der Waals surface area contributed by atoms with Crippen LogP contribution in [0.3, 0.4) is 0 Å². The van der Waals surface area contributed by atoms with Crippen LogP contribution >= 0.6 is 11.8 Å². The first-order valence-electron chi connectivity index (χ1n) is 9.23. The molecule has 29 heavy (non-hydrogen) atoms. The zero-order valence-corrected chi connectivity index (χ0v) is 17.4. The topological polar surface area (TPSA) is 88.9 Å². The van der Waals surface area contributed by atoms with Crippen molar-refractivity contribution in [1.29, 1.82) is 0 Å². The van der Waals surface area contributed by atoms with Crippen LogP contribution in [0.15, 0.2) is 60.0 Å². The van der Waals surface area contributed by atoms with Crippen LogP contribution in [0.2, 0.25) is 0 Å². The summed E-state index contributed by atoms with van der Waals surface area (Å²) in [5, 5.41) is 14.4. The van der Waals surface area contributed by atoms with Gasteiger partial charge in [0.05, 0.1) is 5.75 Å². The molecule has 2 amide bonds. The predicted molar refractivity (Wildman–Crippen MR) is 115 cm³/mol. The summed E-state index contributed by atoms with van der Waals surface area (Å²) in [6.07, 6.45) is 1.63. The van der Waals surface area contributed by atoms with E-state index in [0.29, 0.717) is 16.5 Å². The molecule has 0 saturated carbocycles. The Hall–Kier alpha value is -3.13. The van der Waals surface area contributed by atoms with E-state index in [9.17, 15) is 9.59 Å². The molecule has 0 spiro atoms. The second-order valence-electron chi connectivity index (χ2n) is 6.88. The number of anilines is 2. The van der Waals surface area contributed by atoms with Gasteiger partial charge < -0.3 is 10.6 Å². The Morgan fingerprint density at radius 3 is 2.24 bits per heavy atom. The van der Waals surface area contributed by atoms with Gasteiger partial charge in [0.1, 0.15) is 6.33 Å². The van der Waals surface area contributed by atoms with Crippen molar-refractivity contribution in [1.82, 2.24) is 14.8 Å². The molecular weight excluding hydrogens is 386 g/mol. The first-order chi connectivity index (χ1) is 13.9. The molecule has 0 bridgehead atoms. The summed E-state index contributed by atoms with van der Waals surface area (Å²) >= 11 is 1.32. The zero-order valence-electron chi connectivity index (χ0n) is 16.5. The maximum absolute atomic E-state index is 12.3. The highest BCUT2D eigenvalue weighted by molar-refractivity contribution is 7.99. The minimum atomic E-state index is -0.146. The summed E-state index contributed by atoms with van der Waals surface area (Å²) in [4.78, 5) is 24.0. The number of aromatic nitrogens is 3. The van der Waals surface area contributed by atoms with Gasteiger partial charge in [0, 0.05) is 23.0 Å². The molecule has 150 valence electrons. The Labute approximate surface area is 173 Å². The van der Waals surface area contributed by atoms with Gasteiger partial charge in [0.2, 0.25) is 11.8 Å². The number of carbonyl (C=O) groups excluding carboxylic acids is 2. The van der Waals surface area contributed by atoms with Crippen LogP contribution in [0, 0.1) is 12.8 Å². The fourth-order valence-electron chi connectivity index (χ4n) is 2.46. The highest BCUT2D eigenvalue weighted by Gasteiger charge is 2.11. The standard InChI is InChI=1S/C21H23N5O2S/c1-14(2)20(28)24-17-8-6-16(7-9-17)23-19(27)12-29-21-25-22-13-26(21)18-10-4-15(3)5-11-18/h4-11,13-14H,12H2,1-3H3,(H,23,27)(H,24,28). The molecule has 2 N–H and O–H groups in total. The Kier molecular flexibility index (Phi) is 6.66. The lowest BCUT2D eigenvalue weighted by Gasteiger charge is -2.09. The molecular formula is C21H23N5O2S. The van der Waals surface area contributed by atoms with Gasteiger partial charge in [-0.1, -0.05) is 43.3 Å². The molecule has 0 unspecified atom stereocenters. The van der Waals surface area contributed by atoms with E-state index in [-0.39, 0.29) is 23.5 Å². The van der Waals surface area contributed by atoms with E-state index in [1.165, 1.54) is 17.3 Å². The number of hydrogen-bond acceptors (Lipinski definition) is 5. The Morgan fingerprint density at radius 1 is 1.00 bits per heavy atom. The third kappa shape index (κ3) is 5.68. The van der Waals surface area contributed by atoms with Crippen LogP contribution in [0.25, 0.3) is 5.69 Å². The normalized spacial score (nSPS) is 10.8. The fourth-order valence-corrected chi connectivity index (χ4v) is 3.18. The summed E-state index contributed by atoms with van der Waals surface area (Å²) in [5.41, 5.74) is 3.48. The maximum atomic E-state index is 12.3. The number of nitrogens with one attached hydrogen (secondary N) is 2. The molecule has 0 atom stereocenters. The minimum Gasteiger partial charge on any atom is -0.326 e. The average Bonchev–Trinajstić information content (AvgIpc) is 3.17. The molecule has 0 saturated heterocycles. The van der Waals surface area contributed by atoms with Crippen LogP contribution in [-0.2, 0) is 9.59 Å². The number of carbonyl (C=O) groups is 2. The molecule has 3 aromatic rings. The first-order valence-corrected chi connectivity index (χ1v) is 10.2. The molecule has 7 nitrogen and oxygen atoms in total. The number of benzene rings is 2. The van der Waals surface area contributed by atoms with Crippen molar-refractivity contribution in [2.75, 3.05) is 16.4 Å². The molecule has 0 fully saturated rings. The number of rotatable bonds is 7. The molecule has 1 heterocycles. The smallest absolute Gasteiger partial charge is 0.234 e. The first kappa shape index (κ1) is 20.6. The highest BCUT2D eigenvalue weighted by atomic mass is 32.2. The van der Waals surface area contributed by atoms with Gasteiger partial charge in [0.15, 0.2) is 5.16 Å². The number of thioether (sulfide) groups is 1. The molecule has 3 rings (SSSR count). The molecule has 2 aromatic carbocycles. The summed E-state index contributed by atoms with van der Waals surface area (Å²) in [6.45, 7) is 5.70. The van der Waals surface area contributed by atoms with Gasteiger partial charge in [-0.15, -0.1) is 10.2 Å². The van der Waals surface area contributed by atoms with Crippen molar-refractivity contribution in [3.05, 3.63) is 60.4 Å². The van der Waals surface area contributed by atoms with Crippen LogP contribution in [0.4, 0.5) is 11.4 Å². The number of aryl methyl sites for hydroxylation is 1.